The van der Waals surface area contributed by atoms with Crippen molar-refractivity contribution in [2.45, 2.75) is 13.3 Å². The number of benzene rings is 2. The van der Waals surface area contributed by atoms with Gasteiger partial charge in [-0.25, -0.2) is 8.78 Å². The van der Waals surface area contributed by atoms with E-state index in [4.69, 9.17) is 4.74 Å². The SMILES string of the molecule is CCc1ccc(Oc2ccc(F)cc2)c(F)c1. The molecule has 0 amide bonds. The quantitative estimate of drug-likeness (QED) is 0.768. The molecule has 2 aromatic rings. The first-order valence-electron chi connectivity index (χ1n) is 5.41. The Bertz CT molecular complexity index is 506. The Kier molecular flexibility index (Phi) is 3.38. The minimum Gasteiger partial charge on any atom is -0.454 e. The van der Waals surface area contributed by atoms with Gasteiger partial charge in [0.15, 0.2) is 11.6 Å². The summed E-state index contributed by atoms with van der Waals surface area (Å²) in [5, 5.41) is 0. The zero-order valence-electron chi connectivity index (χ0n) is 9.41. The van der Waals surface area contributed by atoms with Crippen LogP contribution in [0.25, 0.3) is 0 Å². The molecule has 2 aromatic carbocycles. The first kappa shape index (κ1) is 11.6. The van der Waals surface area contributed by atoms with E-state index in [-0.39, 0.29) is 11.6 Å². The normalized spacial score (nSPS) is 10.3. The molecule has 0 fully saturated rings. The van der Waals surface area contributed by atoms with Gasteiger partial charge in [0.25, 0.3) is 0 Å². The summed E-state index contributed by atoms with van der Waals surface area (Å²) in [7, 11) is 0. The minimum atomic E-state index is -0.409. The monoisotopic (exact) mass is 234 g/mol. The highest BCUT2D eigenvalue weighted by Crippen LogP contribution is 2.25. The van der Waals surface area contributed by atoms with Crippen LogP contribution in [-0.2, 0) is 6.42 Å². The molecule has 0 radical (unpaired) electrons. The fourth-order valence-corrected chi connectivity index (χ4v) is 1.48. The van der Waals surface area contributed by atoms with Crippen molar-refractivity contribution in [3.63, 3.8) is 0 Å². The highest BCUT2D eigenvalue weighted by atomic mass is 19.1. The molecule has 17 heavy (non-hydrogen) atoms. The second kappa shape index (κ2) is 4.95. The molecule has 0 spiro atoms. The Morgan fingerprint density at radius 3 is 2.29 bits per heavy atom. The molecule has 0 heterocycles. The molecule has 2 rings (SSSR count). The molecule has 0 saturated heterocycles. The van der Waals surface area contributed by atoms with Crippen LogP contribution < -0.4 is 4.74 Å². The topological polar surface area (TPSA) is 9.23 Å². The fraction of sp³-hybridized carbons (Fsp3) is 0.143. The zero-order chi connectivity index (χ0) is 12.3. The van der Waals surface area contributed by atoms with Gasteiger partial charge in [0, 0.05) is 0 Å². The lowest BCUT2D eigenvalue weighted by molar-refractivity contribution is 0.440. The van der Waals surface area contributed by atoms with Crippen molar-refractivity contribution in [2.24, 2.45) is 0 Å². The standard InChI is InChI=1S/C14H12F2O/c1-2-10-3-8-14(13(16)9-10)17-12-6-4-11(15)5-7-12/h3-9H,2H2,1H3. The van der Waals surface area contributed by atoms with Gasteiger partial charge in [0.1, 0.15) is 11.6 Å². The summed E-state index contributed by atoms with van der Waals surface area (Å²) in [6.45, 7) is 1.95. The lowest BCUT2D eigenvalue weighted by Crippen LogP contribution is -1.90. The average Bonchev–Trinajstić information content (AvgIpc) is 2.34. The lowest BCUT2D eigenvalue weighted by atomic mass is 10.1. The first-order chi connectivity index (χ1) is 8.19. The molecule has 0 atom stereocenters. The highest BCUT2D eigenvalue weighted by Gasteiger charge is 2.05. The van der Waals surface area contributed by atoms with Crippen molar-refractivity contribution in [1.29, 1.82) is 0 Å². The van der Waals surface area contributed by atoms with Crippen LogP contribution in [0.2, 0.25) is 0 Å². The van der Waals surface area contributed by atoms with E-state index < -0.39 is 5.82 Å². The smallest absolute Gasteiger partial charge is 0.165 e. The molecule has 0 aromatic heterocycles. The van der Waals surface area contributed by atoms with Crippen molar-refractivity contribution in [3.05, 3.63) is 59.7 Å². The van der Waals surface area contributed by atoms with Gasteiger partial charge in [-0.2, -0.15) is 0 Å². The van der Waals surface area contributed by atoms with Gasteiger partial charge in [-0.15, -0.1) is 0 Å². The summed E-state index contributed by atoms with van der Waals surface area (Å²) in [5.74, 6) is -0.198. The maximum atomic E-state index is 13.6. The molecule has 0 aliphatic rings. The minimum absolute atomic E-state index is 0.147. The van der Waals surface area contributed by atoms with Crippen molar-refractivity contribution in [1.82, 2.24) is 0 Å². The molecule has 0 N–H and O–H groups in total. The Labute approximate surface area is 98.7 Å². The molecule has 0 bridgehead atoms. The second-order valence-corrected chi connectivity index (χ2v) is 3.67. The van der Waals surface area contributed by atoms with E-state index >= 15 is 0 Å². The summed E-state index contributed by atoms with van der Waals surface area (Å²) in [4.78, 5) is 0. The van der Waals surface area contributed by atoms with Crippen LogP contribution >= 0.6 is 0 Å². The Balaban J connectivity index is 2.21. The second-order valence-electron chi connectivity index (χ2n) is 3.67. The Hall–Kier alpha value is -1.90. The third-order valence-corrected chi connectivity index (χ3v) is 2.45. The van der Waals surface area contributed by atoms with E-state index in [0.717, 1.165) is 12.0 Å². The van der Waals surface area contributed by atoms with Crippen molar-refractivity contribution in [3.8, 4) is 11.5 Å². The third kappa shape index (κ3) is 2.81. The molecule has 0 unspecified atom stereocenters. The number of halogens is 2. The molecule has 0 saturated carbocycles. The van der Waals surface area contributed by atoms with E-state index in [1.54, 1.807) is 6.07 Å². The predicted octanol–water partition coefficient (Wildman–Crippen LogP) is 4.32. The van der Waals surface area contributed by atoms with Crippen LogP contribution in [0.1, 0.15) is 12.5 Å². The number of hydrogen-bond acceptors (Lipinski definition) is 1. The van der Waals surface area contributed by atoms with Gasteiger partial charge in [-0.1, -0.05) is 13.0 Å². The van der Waals surface area contributed by atoms with Gasteiger partial charge in [-0.3, -0.25) is 0 Å². The molecule has 0 aliphatic heterocycles. The maximum Gasteiger partial charge on any atom is 0.165 e. The van der Waals surface area contributed by atoms with E-state index in [9.17, 15) is 8.78 Å². The lowest BCUT2D eigenvalue weighted by Gasteiger charge is -2.07. The summed E-state index contributed by atoms with van der Waals surface area (Å²) in [6, 6.07) is 10.3. The number of hydrogen-bond donors (Lipinski definition) is 0. The number of aryl methyl sites for hydroxylation is 1. The summed E-state index contributed by atoms with van der Waals surface area (Å²) in [6.07, 6.45) is 0.772. The molecule has 0 aliphatic carbocycles. The summed E-state index contributed by atoms with van der Waals surface area (Å²) >= 11 is 0. The third-order valence-electron chi connectivity index (χ3n) is 2.45. The summed E-state index contributed by atoms with van der Waals surface area (Å²) in [5.41, 5.74) is 0.911. The van der Waals surface area contributed by atoms with Crippen LogP contribution in [0.5, 0.6) is 11.5 Å². The molecule has 88 valence electrons. The van der Waals surface area contributed by atoms with Gasteiger partial charge in [-0.05, 0) is 48.4 Å². The van der Waals surface area contributed by atoms with Crippen LogP contribution in [0, 0.1) is 11.6 Å². The van der Waals surface area contributed by atoms with E-state index in [1.807, 2.05) is 13.0 Å². The van der Waals surface area contributed by atoms with Crippen LogP contribution in [-0.4, -0.2) is 0 Å². The van der Waals surface area contributed by atoms with E-state index in [0.29, 0.717) is 5.75 Å². The Morgan fingerprint density at radius 2 is 1.71 bits per heavy atom. The van der Waals surface area contributed by atoms with Crippen LogP contribution in [0.15, 0.2) is 42.5 Å². The molecule has 1 nitrogen and oxygen atoms in total. The first-order valence-corrected chi connectivity index (χ1v) is 5.41. The fourth-order valence-electron chi connectivity index (χ4n) is 1.48. The van der Waals surface area contributed by atoms with Crippen LogP contribution in [0.4, 0.5) is 8.78 Å². The van der Waals surface area contributed by atoms with E-state index in [2.05, 4.69) is 0 Å². The Morgan fingerprint density at radius 1 is 1.00 bits per heavy atom. The average molecular weight is 234 g/mol. The summed E-state index contributed by atoms with van der Waals surface area (Å²) < 4.78 is 31.6. The largest absolute Gasteiger partial charge is 0.454 e. The van der Waals surface area contributed by atoms with Gasteiger partial charge < -0.3 is 4.74 Å². The molecular formula is C14H12F2O. The van der Waals surface area contributed by atoms with Crippen molar-refractivity contribution < 1.29 is 13.5 Å². The maximum absolute atomic E-state index is 13.6. The molecule has 3 heteroatoms. The number of rotatable bonds is 3. The van der Waals surface area contributed by atoms with Gasteiger partial charge >= 0.3 is 0 Å². The molecular weight excluding hydrogens is 222 g/mol. The number of ether oxygens (including phenoxy) is 1. The van der Waals surface area contributed by atoms with Crippen LogP contribution in [0.3, 0.4) is 0 Å². The van der Waals surface area contributed by atoms with E-state index in [1.165, 1.54) is 30.3 Å². The van der Waals surface area contributed by atoms with Gasteiger partial charge in [0.05, 0.1) is 0 Å². The predicted molar refractivity (Wildman–Crippen MR) is 62.3 cm³/mol. The van der Waals surface area contributed by atoms with Gasteiger partial charge in [0.2, 0.25) is 0 Å². The van der Waals surface area contributed by atoms with Crippen molar-refractivity contribution >= 4 is 0 Å². The zero-order valence-corrected chi connectivity index (χ0v) is 9.41. The van der Waals surface area contributed by atoms with Crippen molar-refractivity contribution in [2.75, 3.05) is 0 Å². The highest BCUT2D eigenvalue weighted by molar-refractivity contribution is 5.34.